The van der Waals surface area contributed by atoms with Gasteiger partial charge < -0.3 is 19.6 Å². The summed E-state index contributed by atoms with van der Waals surface area (Å²) in [5.74, 6) is 1.53. The van der Waals surface area contributed by atoms with E-state index in [9.17, 15) is 0 Å². The molecule has 2 atom stereocenters. The SMILES string of the molecule is C1=COC(N2C3=NC(c4nc5ccccc5[nH]4)=NC3=C(c3ccc4ccccc4n3)N(c3cccc4nc5ccccc5cc34)C2(c2nc3ccccc3s2)c2cccc3c2[nH]c2ccccc23)C=C1. The Kier molecular flexibility index (Phi) is 8.24. The van der Waals surface area contributed by atoms with Gasteiger partial charge in [-0.15, -0.1) is 11.3 Å². The number of aliphatic imine (C=N–C) groups is 2. The molecule has 15 rings (SSSR count). The number of hydrogen-bond acceptors (Lipinski definition) is 10. The van der Waals surface area contributed by atoms with Gasteiger partial charge in [0.2, 0.25) is 5.66 Å². The Morgan fingerprint density at radius 3 is 2.16 bits per heavy atom. The van der Waals surface area contributed by atoms with Crippen LogP contribution in [0.3, 0.4) is 0 Å². The molecule has 3 aliphatic rings. The van der Waals surface area contributed by atoms with Gasteiger partial charge in [0.05, 0.1) is 66.7 Å². The number of thiazole rings is 1. The zero-order valence-electron chi connectivity index (χ0n) is 37.0. The van der Waals surface area contributed by atoms with Gasteiger partial charge in [-0.3, -0.25) is 4.90 Å². The lowest BCUT2D eigenvalue weighted by atomic mass is 9.87. The summed E-state index contributed by atoms with van der Waals surface area (Å²) in [6.07, 6.45) is 7.02. The minimum absolute atomic E-state index is 0.425. The third-order valence-electron chi connectivity index (χ3n) is 13.7. The van der Waals surface area contributed by atoms with E-state index < -0.39 is 11.9 Å². The van der Waals surface area contributed by atoms with Gasteiger partial charge in [0.15, 0.2) is 23.7 Å². The van der Waals surface area contributed by atoms with Crippen LogP contribution in [0.15, 0.2) is 216 Å². The van der Waals surface area contributed by atoms with Crippen LogP contribution >= 0.6 is 11.3 Å². The lowest BCUT2D eigenvalue weighted by molar-refractivity contribution is 0.0184. The zero-order chi connectivity index (χ0) is 45.9. The normalized spacial score (nSPS) is 18.0. The molecule has 0 fully saturated rings. The van der Waals surface area contributed by atoms with Crippen molar-refractivity contribution in [3.63, 3.8) is 0 Å². The summed E-state index contributed by atoms with van der Waals surface area (Å²) in [4.78, 5) is 45.1. The Morgan fingerprint density at radius 1 is 0.557 bits per heavy atom. The zero-order valence-corrected chi connectivity index (χ0v) is 37.8. The monoisotopic (exact) mass is 920 g/mol. The summed E-state index contributed by atoms with van der Waals surface area (Å²) in [5, 5.41) is 5.89. The summed E-state index contributed by atoms with van der Waals surface area (Å²) in [5.41, 5.74) is 9.42. The smallest absolute Gasteiger partial charge is 0.204 e. The van der Waals surface area contributed by atoms with Gasteiger partial charge >= 0.3 is 0 Å². The van der Waals surface area contributed by atoms with Crippen molar-refractivity contribution in [2.24, 2.45) is 9.98 Å². The molecule has 11 nitrogen and oxygen atoms in total. The number of para-hydroxylation sites is 7. The van der Waals surface area contributed by atoms with Crippen LogP contribution in [-0.4, -0.2) is 52.7 Å². The van der Waals surface area contributed by atoms with Crippen LogP contribution in [-0.2, 0) is 10.4 Å². The van der Waals surface area contributed by atoms with Crippen molar-refractivity contribution >= 4 is 110 Å². The van der Waals surface area contributed by atoms with Gasteiger partial charge in [-0.1, -0.05) is 115 Å². The van der Waals surface area contributed by atoms with E-state index in [1.807, 2.05) is 60.7 Å². The van der Waals surface area contributed by atoms with Crippen LogP contribution in [0.4, 0.5) is 5.69 Å². The molecule has 0 bridgehead atoms. The molecule has 2 N–H and O–H groups in total. The number of nitrogens with zero attached hydrogens (tertiary/aromatic N) is 8. The van der Waals surface area contributed by atoms with Gasteiger partial charge in [0.1, 0.15) is 10.7 Å². The van der Waals surface area contributed by atoms with E-state index in [0.717, 1.165) is 97.7 Å². The Morgan fingerprint density at radius 2 is 1.30 bits per heavy atom. The number of aromatic amines is 2. The molecule has 0 radical (unpaired) electrons. The standard InChI is InChI=1S/C58H36N10OS/c1-4-20-40-34(15-1)30-31-47(60-40)53-52-56(66-55(65-52)54-62-44-23-7-8-24-45(44)63-54)68(50-29-11-12-32-69-50)58(57-64-46-25-9-10-28-49(46)70-57,39-19-13-18-37-36-17-3-6-22-42(36)61-51(37)39)67(53)48-27-14-26-43-38(48)33-35-16-2-5-21-41(35)59-43/h1-33,50,61H,(H,62,63). The number of nitrogens with one attached hydrogen (secondary N) is 2. The number of rotatable bonds is 6. The van der Waals surface area contributed by atoms with E-state index >= 15 is 0 Å². The number of allylic oxidation sites excluding steroid dienone is 2. The summed E-state index contributed by atoms with van der Waals surface area (Å²) < 4.78 is 7.91. The van der Waals surface area contributed by atoms with E-state index in [4.69, 9.17) is 34.7 Å². The molecule has 2 unspecified atom stereocenters. The van der Waals surface area contributed by atoms with Crippen LogP contribution in [0, 0.1) is 0 Å². The second kappa shape index (κ2) is 14.9. The van der Waals surface area contributed by atoms with Crippen LogP contribution < -0.4 is 4.90 Å². The molecule has 0 saturated carbocycles. The van der Waals surface area contributed by atoms with Crippen LogP contribution in [0.2, 0.25) is 0 Å². The molecule has 0 aliphatic carbocycles. The molecule has 12 aromatic rings. The first-order chi connectivity index (χ1) is 34.7. The van der Waals surface area contributed by atoms with E-state index in [-0.39, 0.29) is 0 Å². The first kappa shape index (κ1) is 38.8. The van der Waals surface area contributed by atoms with Crippen molar-refractivity contribution < 1.29 is 4.74 Å². The average molecular weight is 921 g/mol. The lowest BCUT2D eigenvalue weighted by Gasteiger charge is -2.56. The quantitative estimate of drug-likeness (QED) is 0.159. The molecule has 8 heterocycles. The third kappa shape index (κ3) is 5.62. The highest BCUT2D eigenvalue weighted by Crippen LogP contribution is 2.57. The van der Waals surface area contributed by atoms with Crippen LogP contribution in [0.1, 0.15) is 22.1 Å². The molecular weight excluding hydrogens is 885 g/mol. The van der Waals surface area contributed by atoms with Crippen molar-refractivity contribution in [2.75, 3.05) is 4.90 Å². The van der Waals surface area contributed by atoms with Crippen molar-refractivity contribution in [1.82, 2.24) is 34.8 Å². The number of hydrogen-bond donors (Lipinski definition) is 2. The fourth-order valence-electron chi connectivity index (χ4n) is 10.6. The molecule has 330 valence electrons. The maximum atomic E-state index is 6.88. The number of imidazole rings is 1. The van der Waals surface area contributed by atoms with E-state index in [2.05, 4.69) is 153 Å². The average Bonchev–Trinajstić information content (AvgIpc) is 4.24. The second-order valence-corrected chi connectivity index (χ2v) is 18.6. The predicted octanol–water partition coefficient (Wildman–Crippen LogP) is 12.7. The highest BCUT2D eigenvalue weighted by Gasteiger charge is 2.60. The molecule has 0 amide bonds. The summed E-state index contributed by atoms with van der Waals surface area (Å²) in [6.45, 7) is 0. The van der Waals surface area contributed by atoms with E-state index in [0.29, 0.717) is 28.9 Å². The van der Waals surface area contributed by atoms with E-state index in [1.165, 1.54) is 0 Å². The molecule has 70 heavy (non-hydrogen) atoms. The number of aromatic nitrogens is 6. The Balaban J connectivity index is 1.18. The maximum absolute atomic E-state index is 6.88. The Labute approximate surface area is 402 Å². The van der Waals surface area contributed by atoms with Crippen molar-refractivity contribution in [3.8, 4) is 0 Å². The Bertz CT molecular complexity index is 4280. The topological polar surface area (TPSA) is 124 Å². The van der Waals surface area contributed by atoms with Crippen molar-refractivity contribution in [2.45, 2.75) is 11.9 Å². The van der Waals surface area contributed by atoms with Crippen molar-refractivity contribution in [3.05, 3.63) is 228 Å². The largest absolute Gasteiger partial charge is 0.474 e. The van der Waals surface area contributed by atoms with Gasteiger partial charge in [-0.05, 0) is 78.9 Å². The molecular formula is C58H36N10OS. The Hall–Kier alpha value is -9.26. The van der Waals surface area contributed by atoms with Gasteiger partial charge in [0, 0.05) is 38.0 Å². The molecule has 7 aromatic carbocycles. The number of H-pyrrole nitrogens is 2. The number of ether oxygens (including phenoxy) is 1. The fraction of sp³-hybridized carbons (Fsp3) is 0.0345. The second-order valence-electron chi connectivity index (χ2n) is 17.6. The fourth-order valence-corrected chi connectivity index (χ4v) is 11.8. The van der Waals surface area contributed by atoms with E-state index in [1.54, 1.807) is 17.6 Å². The summed E-state index contributed by atoms with van der Waals surface area (Å²) in [6, 6.07) is 60.7. The molecule has 3 aliphatic heterocycles. The molecule has 12 heteroatoms. The summed E-state index contributed by atoms with van der Waals surface area (Å²) >= 11 is 1.65. The first-order valence-corrected chi connectivity index (χ1v) is 24.0. The summed E-state index contributed by atoms with van der Waals surface area (Å²) in [7, 11) is 0. The molecule has 0 spiro atoms. The molecule has 0 saturated heterocycles. The van der Waals surface area contributed by atoms with Gasteiger partial charge in [-0.2, -0.15) is 0 Å². The minimum atomic E-state index is -1.42. The molecule has 5 aromatic heterocycles. The number of anilines is 1. The highest BCUT2D eigenvalue weighted by atomic mass is 32.1. The van der Waals surface area contributed by atoms with Gasteiger partial charge in [0.25, 0.3) is 0 Å². The maximum Gasteiger partial charge on any atom is 0.204 e. The van der Waals surface area contributed by atoms with Crippen LogP contribution in [0.25, 0.3) is 81.5 Å². The highest BCUT2D eigenvalue weighted by molar-refractivity contribution is 7.18. The third-order valence-corrected chi connectivity index (χ3v) is 14.8. The lowest BCUT2D eigenvalue weighted by Crippen LogP contribution is -2.66. The van der Waals surface area contributed by atoms with Gasteiger partial charge in [-0.25, -0.2) is 29.9 Å². The van der Waals surface area contributed by atoms with Crippen LogP contribution in [0.5, 0.6) is 0 Å². The van der Waals surface area contributed by atoms with Crippen molar-refractivity contribution in [1.29, 1.82) is 0 Å². The number of fused-ring (bicyclic) bond motifs is 9. The number of amidine groups is 2. The minimum Gasteiger partial charge on any atom is -0.474 e. The predicted molar refractivity (Wildman–Crippen MR) is 282 cm³/mol. The number of pyridine rings is 2. The first-order valence-electron chi connectivity index (χ1n) is 23.1. The number of benzene rings is 7.